The molecule has 0 spiro atoms. The maximum Gasteiger partial charge on any atom is 0.275 e. The second kappa shape index (κ2) is 5.63. The zero-order valence-corrected chi connectivity index (χ0v) is 13.1. The monoisotopic (exact) mass is 325 g/mol. The molecule has 1 unspecified atom stereocenters. The molecule has 1 atom stereocenters. The lowest BCUT2D eigenvalue weighted by atomic mass is 9.98. The number of furan rings is 1. The molecule has 2 aromatic heterocycles. The summed E-state index contributed by atoms with van der Waals surface area (Å²) in [6.45, 7) is 2.62. The van der Waals surface area contributed by atoms with Crippen molar-refractivity contribution in [2.45, 2.75) is 19.4 Å². The van der Waals surface area contributed by atoms with Gasteiger partial charge in [-0.1, -0.05) is 19.1 Å². The van der Waals surface area contributed by atoms with Crippen molar-refractivity contribution in [1.29, 1.82) is 0 Å². The third-order valence-corrected chi connectivity index (χ3v) is 4.27. The predicted molar refractivity (Wildman–Crippen MR) is 85.9 cm³/mol. The Bertz CT molecular complexity index is 868. The zero-order valence-electron chi connectivity index (χ0n) is 13.1. The van der Waals surface area contributed by atoms with E-state index in [1.54, 1.807) is 29.4 Å². The van der Waals surface area contributed by atoms with Crippen LogP contribution in [0.3, 0.4) is 0 Å². The third-order valence-electron chi connectivity index (χ3n) is 4.27. The highest BCUT2D eigenvalue weighted by molar-refractivity contribution is 5.99. The van der Waals surface area contributed by atoms with Crippen LogP contribution in [0.2, 0.25) is 0 Å². The molecule has 5 nitrogen and oxygen atoms in total. The number of H-pyrrole nitrogens is 1. The quantitative estimate of drug-likeness (QED) is 0.794. The minimum absolute atomic E-state index is 0.116. The smallest absolute Gasteiger partial charge is 0.275 e. The predicted octanol–water partition coefficient (Wildman–Crippen LogP) is 3.76. The van der Waals surface area contributed by atoms with Gasteiger partial charge in [0.05, 0.1) is 12.3 Å². The molecule has 0 saturated heterocycles. The first-order valence-corrected chi connectivity index (χ1v) is 7.89. The molecule has 1 aliphatic rings. The van der Waals surface area contributed by atoms with Gasteiger partial charge in [0.25, 0.3) is 5.91 Å². The van der Waals surface area contributed by atoms with Gasteiger partial charge in [0.1, 0.15) is 11.5 Å². The van der Waals surface area contributed by atoms with Crippen LogP contribution in [0.4, 0.5) is 4.39 Å². The van der Waals surface area contributed by atoms with Gasteiger partial charge >= 0.3 is 0 Å². The van der Waals surface area contributed by atoms with Crippen molar-refractivity contribution in [2.75, 3.05) is 6.54 Å². The average molecular weight is 325 g/mol. The molecule has 3 heterocycles. The number of benzene rings is 1. The maximum atomic E-state index is 13.3. The summed E-state index contributed by atoms with van der Waals surface area (Å²) < 4.78 is 18.8. The van der Waals surface area contributed by atoms with Gasteiger partial charge in [0.2, 0.25) is 0 Å². The summed E-state index contributed by atoms with van der Waals surface area (Å²) in [5.74, 6) is 0.209. The van der Waals surface area contributed by atoms with E-state index in [9.17, 15) is 9.18 Å². The number of carbonyl (C=O) groups is 1. The summed E-state index contributed by atoms with van der Waals surface area (Å²) in [7, 11) is 0. The van der Waals surface area contributed by atoms with Crippen LogP contribution in [0, 0.1) is 5.82 Å². The Morgan fingerprint density at radius 2 is 2.08 bits per heavy atom. The van der Waals surface area contributed by atoms with E-state index in [1.807, 2.05) is 13.0 Å². The lowest BCUT2D eigenvalue weighted by Gasteiger charge is -2.25. The van der Waals surface area contributed by atoms with Gasteiger partial charge in [-0.3, -0.25) is 9.89 Å². The first-order valence-electron chi connectivity index (χ1n) is 7.89. The molecular formula is C18H16FN3O2. The highest BCUT2D eigenvalue weighted by Crippen LogP contribution is 2.42. The van der Waals surface area contributed by atoms with Gasteiger partial charge in [-0.15, -0.1) is 0 Å². The number of aromatic amines is 1. The number of amides is 1. The molecule has 0 saturated carbocycles. The molecule has 0 aliphatic carbocycles. The second-order valence-corrected chi connectivity index (χ2v) is 5.79. The van der Waals surface area contributed by atoms with Gasteiger partial charge in [0, 0.05) is 12.1 Å². The molecule has 1 aromatic carbocycles. The van der Waals surface area contributed by atoms with E-state index in [0.29, 0.717) is 23.7 Å². The Hall–Kier alpha value is -2.89. The van der Waals surface area contributed by atoms with Crippen LogP contribution in [0.15, 0.2) is 47.1 Å². The van der Waals surface area contributed by atoms with E-state index in [0.717, 1.165) is 17.5 Å². The lowest BCUT2D eigenvalue weighted by Crippen LogP contribution is -2.30. The van der Waals surface area contributed by atoms with Crippen molar-refractivity contribution in [3.8, 4) is 11.5 Å². The van der Waals surface area contributed by atoms with E-state index in [2.05, 4.69) is 10.2 Å². The normalized spacial score (nSPS) is 16.7. The van der Waals surface area contributed by atoms with Gasteiger partial charge in [-0.2, -0.15) is 5.10 Å². The van der Waals surface area contributed by atoms with Crippen molar-refractivity contribution >= 4 is 5.91 Å². The van der Waals surface area contributed by atoms with Gasteiger partial charge in [-0.05, 0) is 36.2 Å². The number of fused-ring (bicyclic) bond motifs is 1. The summed E-state index contributed by atoms with van der Waals surface area (Å²) in [4.78, 5) is 14.5. The summed E-state index contributed by atoms with van der Waals surface area (Å²) >= 11 is 0. The fourth-order valence-electron chi connectivity index (χ4n) is 3.26. The molecule has 1 N–H and O–H groups in total. The molecule has 6 heteroatoms. The highest BCUT2D eigenvalue weighted by atomic mass is 19.1. The number of aromatic nitrogens is 2. The molecular weight excluding hydrogens is 309 g/mol. The first-order chi connectivity index (χ1) is 11.7. The molecule has 4 rings (SSSR count). The molecule has 1 amide bonds. The number of nitrogens with zero attached hydrogens (tertiary/aromatic N) is 2. The van der Waals surface area contributed by atoms with Crippen molar-refractivity contribution in [3.05, 3.63) is 65.3 Å². The molecule has 24 heavy (non-hydrogen) atoms. The van der Waals surface area contributed by atoms with Crippen molar-refractivity contribution in [1.82, 2.24) is 15.1 Å². The fraction of sp³-hybridized carbons (Fsp3) is 0.222. The topological polar surface area (TPSA) is 62.1 Å². The Balaban J connectivity index is 1.89. The highest BCUT2D eigenvalue weighted by Gasteiger charge is 2.42. The summed E-state index contributed by atoms with van der Waals surface area (Å²) in [5.41, 5.74) is 2.74. The molecule has 0 bridgehead atoms. The minimum Gasteiger partial charge on any atom is -0.463 e. The number of carbonyl (C=O) groups excluding carboxylic acids is 1. The Labute approximate surface area is 138 Å². The van der Waals surface area contributed by atoms with Crippen LogP contribution in [0.1, 0.15) is 41.0 Å². The van der Waals surface area contributed by atoms with Crippen molar-refractivity contribution < 1.29 is 13.6 Å². The SMILES string of the molecule is CCCN1C(=O)c2n[nH]c(-c3ccco3)c2C1c1ccc(F)cc1. The van der Waals surface area contributed by atoms with Gasteiger partial charge in [0.15, 0.2) is 11.5 Å². The standard InChI is InChI=1S/C18H16FN3O2/c1-2-9-22-17(11-5-7-12(19)8-6-11)14-15(13-4-3-10-24-13)20-21-16(14)18(22)23/h3-8,10,17H,2,9H2,1H3,(H,20,21). The molecule has 1 aliphatic heterocycles. The minimum atomic E-state index is -0.302. The van der Waals surface area contributed by atoms with Crippen LogP contribution in [-0.4, -0.2) is 27.5 Å². The number of hydrogen-bond acceptors (Lipinski definition) is 3. The van der Waals surface area contributed by atoms with E-state index in [-0.39, 0.29) is 17.8 Å². The largest absolute Gasteiger partial charge is 0.463 e. The first kappa shape index (κ1) is 14.7. The van der Waals surface area contributed by atoms with E-state index in [4.69, 9.17) is 4.42 Å². The van der Waals surface area contributed by atoms with Crippen LogP contribution in [0.25, 0.3) is 11.5 Å². The van der Waals surface area contributed by atoms with Crippen LogP contribution >= 0.6 is 0 Å². The van der Waals surface area contributed by atoms with Crippen LogP contribution < -0.4 is 0 Å². The molecule has 0 fully saturated rings. The van der Waals surface area contributed by atoms with Crippen LogP contribution in [0.5, 0.6) is 0 Å². The van der Waals surface area contributed by atoms with Crippen molar-refractivity contribution in [3.63, 3.8) is 0 Å². The van der Waals surface area contributed by atoms with E-state index >= 15 is 0 Å². The zero-order chi connectivity index (χ0) is 16.7. The lowest BCUT2D eigenvalue weighted by molar-refractivity contribution is 0.0744. The number of halogens is 1. The fourth-order valence-corrected chi connectivity index (χ4v) is 3.26. The van der Waals surface area contributed by atoms with Gasteiger partial charge in [-0.25, -0.2) is 4.39 Å². The Kier molecular flexibility index (Phi) is 3.45. The molecule has 0 radical (unpaired) electrons. The Morgan fingerprint density at radius 3 is 2.75 bits per heavy atom. The number of hydrogen-bond donors (Lipinski definition) is 1. The Morgan fingerprint density at radius 1 is 1.29 bits per heavy atom. The second-order valence-electron chi connectivity index (χ2n) is 5.79. The van der Waals surface area contributed by atoms with Crippen LogP contribution in [-0.2, 0) is 0 Å². The van der Waals surface area contributed by atoms with Crippen molar-refractivity contribution in [2.24, 2.45) is 0 Å². The number of rotatable bonds is 4. The summed E-state index contributed by atoms with van der Waals surface area (Å²) in [6.07, 6.45) is 2.41. The maximum absolute atomic E-state index is 13.3. The molecule has 122 valence electrons. The average Bonchev–Trinajstić information content (AvgIpc) is 3.28. The third kappa shape index (κ3) is 2.14. The van der Waals surface area contributed by atoms with Gasteiger partial charge < -0.3 is 9.32 Å². The van der Waals surface area contributed by atoms with E-state index < -0.39 is 0 Å². The summed E-state index contributed by atoms with van der Waals surface area (Å²) in [6, 6.07) is 9.56. The number of nitrogens with one attached hydrogen (secondary N) is 1. The van der Waals surface area contributed by atoms with E-state index in [1.165, 1.54) is 12.1 Å². The summed E-state index contributed by atoms with van der Waals surface area (Å²) in [5, 5.41) is 7.13. The molecule has 3 aromatic rings.